The van der Waals surface area contributed by atoms with Crippen molar-refractivity contribution in [1.29, 1.82) is 0 Å². The van der Waals surface area contributed by atoms with E-state index in [0.29, 0.717) is 12.5 Å². The summed E-state index contributed by atoms with van der Waals surface area (Å²) < 4.78 is 9.47. The summed E-state index contributed by atoms with van der Waals surface area (Å²) in [6, 6.07) is 23.2. The number of carbonyl (C=O) groups is 1. The van der Waals surface area contributed by atoms with Gasteiger partial charge in [-0.1, -0.05) is 60.7 Å². The quantitative estimate of drug-likeness (QED) is 0.512. The number of hydrogen-bond acceptors (Lipinski definition) is 5. The molecule has 0 amide bonds. The van der Waals surface area contributed by atoms with Gasteiger partial charge in [0.2, 0.25) is 0 Å². The average molecular weight is 405 g/mol. The van der Waals surface area contributed by atoms with Gasteiger partial charge in [-0.2, -0.15) is 5.06 Å². The van der Waals surface area contributed by atoms with E-state index in [9.17, 15) is 4.79 Å². The predicted octanol–water partition coefficient (Wildman–Crippen LogP) is 5.43. The third kappa shape index (κ3) is 5.17. The third-order valence-corrected chi connectivity index (χ3v) is 5.66. The molecule has 156 valence electrons. The summed E-state index contributed by atoms with van der Waals surface area (Å²) in [7, 11) is 1.31. The minimum absolute atomic E-state index is 0.230. The Kier molecular flexibility index (Phi) is 6.62. The molecule has 1 aliphatic heterocycles. The normalized spacial score (nSPS) is 15.2. The first kappa shape index (κ1) is 20.4. The molecule has 0 bridgehead atoms. The van der Waals surface area contributed by atoms with Gasteiger partial charge < -0.3 is 9.47 Å². The van der Waals surface area contributed by atoms with Crippen LogP contribution in [-0.4, -0.2) is 31.4 Å². The maximum atomic E-state index is 11.1. The SMILES string of the molecule is COC(=O)OCc1ccc(C2CCN(OCc3ccc4ccccc4c3)CC2)cc1. The Labute approximate surface area is 177 Å². The first-order chi connectivity index (χ1) is 14.7. The summed E-state index contributed by atoms with van der Waals surface area (Å²) in [5.74, 6) is 0.529. The third-order valence-electron chi connectivity index (χ3n) is 5.66. The molecule has 0 aliphatic carbocycles. The molecule has 3 aromatic carbocycles. The molecule has 5 heteroatoms. The van der Waals surface area contributed by atoms with Crippen LogP contribution >= 0.6 is 0 Å². The van der Waals surface area contributed by atoms with Gasteiger partial charge in [0.1, 0.15) is 6.61 Å². The summed E-state index contributed by atoms with van der Waals surface area (Å²) in [5.41, 5.74) is 3.48. The zero-order valence-electron chi connectivity index (χ0n) is 17.3. The lowest BCUT2D eigenvalue weighted by molar-refractivity contribution is -0.180. The van der Waals surface area contributed by atoms with E-state index < -0.39 is 6.16 Å². The Balaban J connectivity index is 1.24. The highest BCUT2D eigenvalue weighted by molar-refractivity contribution is 5.82. The lowest BCUT2D eigenvalue weighted by Gasteiger charge is -2.31. The minimum atomic E-state index is -0.657. The first-order valence-electron chi connectivity index (χ1n) is 10.4. The van der Waals surface area contributed by atoms with Crippen molar-refractivity contribution >= 4 is 16.9 Å². The van der Waals surface area contributed by atoms with Gasteiger partial charge in [-0.3, -0.25) is 4.84 Å². The molecule has 1 heterocycles. The summed E-state index contributed by atoms with van der Waals surface area (Å²) in [6.07, 6.45) is 1.47. The maximum Gasteiger partial charge on any atom is 0.508 e. The number of fused-ring (bicyclic) bond motifs is 1. The van der Waals surface area contributed by atoms with Crippen molar-refractivity contribution in [3.63, 3.8) is 0 Å². The van der Waals surface area contributed by atoms with Crippen LogP contribution in [0.1, 0.15) is 35.4 Å². The number of ether oxygens (including phenoxy) is 2. The van der Waals surface area contributed by atoms with E-state index in [-0.39, 0.29) is 6.61 Å². The minimum Gasteiger partial charge on any atom is -0.438 e. The van der Waals surface area contributed by atoms with Gasteiger partial charge in [0, 0.05) is 13.1 Å². The highest BCUT2D eigenvalue weighted by atomic mass is 16.7. The molecule has 0 unspecified atom stereocenters. The van der Waals surface area contributed by atoms with Crippen LogP contribution in [0.25, 0.3) is 10.8 Å². The molecule has 0 saturated carbocycles. The van der Waals surface area contributed by atoms with E-state index in [0.717, 1.165) is 31.5 Å². The number of methoxy groups -OCH3 is 1. The van der Waals surface area contributed by atoms with Gasteiger partial charge in [-0.15, -0.1) is 0 Å². The summed E-state index contributed by atoms with van der Waals surface area (Å²) in [6.45, 7) is 2.68. The van der Waals surface area contributed by atoms with Crippen LogP contribution in [0.15, 0.2) is 66.7 Å². The van der Waals surface area contributed by atoms with E-state index in [4.69, 9.17) is 9.57 Å². The van der Waals surface area contributed by atoms with Gasteiger partial charge in [-0.05, 0) is 52.3 Å². The second-order valence-electron chi connectivity index (χ2n) is 7.64. The standard InChI is InChI=1S/C25H27NO4/c1-28-25(27)29-17-19-6-9-22(10-7-19)23-12-14-26(15-13-23)30-18-20-8-11-21-4-2-3-5-24(21)16-20/h2-11,16,23H,12-15,17-18H2,1H3. The van der Waals surface area contributed by atoms with Crippen LogP contribution in [0.3, 0.4) is 0 Å². The zero-order valence-corrected chi connectivity index (χ0v) is 17.3. The van der Waals surface area contributed by atoms with Crippen molar-refractivity contribution in [3.05, 3.63) is 83.4 Å². The predicted molar refractivity (Wildman–Crippen MR) is 116 cm³/mol. The molecule has 1 aliphatic rings. The number of carbonyl (C=O) groups excluding carboxylic acids is 1. The van der Waals surface area contributed by atoms with Gasteiger partial charge in [0.25, 0.3) is 0 Å². The van der Waals surface area contributed by atoms with Crippen LogP contribution in [0.5, 0.6) is 0 Å². The van der Waals surface area contributed by atoms with Crippen LogP contribution in [0.4, 0.5) is 4.79 Å². The molecule has 1 saturated heterocycles. The second-order valence-corrected chi connectivity index (χ2v) is 7.64. The van der Waals surface area contributed by atoms with E-state index >= 15 is 0 Å². The van der Waals surface area contributed by atoms with Crippen molar-refractivity contribution in [3.8, 4) is 0 Å². The van der Waals surface area contributed by atoms with E-state index in [1.54, 1.807) is 0 Å². The van der Waals surface area contributed by atoms with Gasteiger partial charge in [-0.25, -0.2) is 4.79 Å². The average Bonchev–Trinajstić information content (AvgIpc) is 2.81. The molecule has 3 aromatic rings. The molecule has 0 spiro atoms. The van der Waals surface area contributed by atoms with Crippen molar-refractivity contribution in [2.24, 2.45) is 0 Å². The largest absolute Gasteiger partial charge is 0.508 e. The Morgan fingerprint density at radius 2 is 1.60 bits per heavy atom. The Morgan fingerprint density at radius 1 is 0.900 bits per heavy atom. The van der Waals surface area contributed by atoms with E-state index in [1.165, 1.54) is 29.0 Å². The van der Waals surface area contributed by atoms with Crippen molar-refractivity contribution in [2.75, 3.05) is 20.2 Å². The molecule has 30 heavy (non-hydrogen) atoms. The van der Waals surface area contributed by atoms with E-state index in [1.807, 2.05) is 12.1 Å². The number of piperidine rings is 1. The number of nitrogens with zero attached hydrogens (tertiary/aromatic N) is 1. The summed E-state index contributed by atoms with van der Waals surface area (Å²) in [5, 5.41) is 4.59. The molecule has 1 fully saturated rings. The van der Waals surface area contributed by atoms with Gasteiger partial charge >= 0.3 is 6.16 Å². The van der Waals surface area contributed by atoms with Crippen molar-refractivity contribution in [1.82, 2.24) is 5.06 Å². The monoisotopic (exact) mass is 405 g/mol. The molecule has 0 N–H and O–H groups in total. The molecule has 5 nitrogen and oxygen atoms in total. The van der Waals surface area contributed by atoms with Crippen LogP contribution in [0, 0.1) is 0 Å². The smallest absolute Gasteiger partial charge is 0.438 e. The zero-order chi connectivity index (χ0) is 20.8. The van der Waals surface area contributed by atoms with Gasteiger partial charge in [0.05, 0.1) is 13.7 Å². The topological polar surface area (TPSA) is 48.0 Å². The molecule has 0 atom stereocenters. The number of benzene rings is 3. The number of hydroxylamine groups is 2. The number of rotatable bonds is 6. The van der Waals surface area contributed by atoms with Crippen molar-refractivity contribution < 1.29 is 19.1 Å². The lowest BCUT2D eigenvalue weighted by atomic mass is 9.90. The first-order valence-corrected chi connectivity index (χ1v) is 10.4. The van der Waals surface area contributed by atoms with Crippen LogP contribution < -0.4 is 0 Å². The Bertz CT molecular complexity index is 978. The fourth-order valence-electron chi connectivity index (χ4n) is 3.90. The molecule has 4 rings (SSSR count). The highest BCUT2D eigenvalue weighted by Crippen LogP contribution is 2.28. The fraction of sp³-hybridized carbons (Fsp3) is 0.320. The van der Waals surface area contributed by atoms with Crippen molar-refractivity contribution in [2.45, 2.75) is 32.0 Å². The molecule has 0 radical (unpaired) electrons. The molecule has 0 aromatic heterocycles. The van der Waals surface area contributed by atoms with Crippen LogP contribution in [-0.2, 0) is 27.5 Å². The summed E-state index contributed by atoms with van der Waals surface area (Å²) in [4.78, 5) is 17.1. The second kappa shape index (κ2) is 9.74. The fourth-order valence-corrected chi connectivity index (χ4v) is 3.90. The highest BCUT2D eigenvalue weighted by Gasteiger charge is 2.21. The maximum absolute atomic E-state index is 11.1. The number of hydrogen-bond donors (Lipinski definition) is 0. The Morgan fingerprint density at radius 3 is 2.33 bits per heavy atom. The van der Waals surface area contributed by atoms with Gasteiger partial charge in [0.15, 0.2) is 0 Å². The molecular weight excluding hydrogens is 378 g/mol. The molecular formula is C25H27NO4. The summed E-state index contributed by atoms with van der Waals surface area (Å²) >= 11 is 0. The van der Waals surface area contributed by atoms with E-state index in [2.05, 4.69) is 64.4 Å². The lowest BCUT2D eigenvalue weighted by Crippen LogP contribution is -2.32. The Hall–Kier alpha value is -2.89. The van der Waals surface area contributed by atoms with Crippen LogP contribution in [0.2, 0.25) is 0 Å².